The molecule has 0 saturated carbocycles. The minimum absolute atomic E-state index is 0.0110. The van der Waals surface area contributed by atoms with Crippen LogP contribution in [-0.4, -0.2) is 0 Å². The van der Waals surface area contributed by atoms with Gasteiger partial charge in [-0.15, -0.1) is 0 Å². The smallest absolute Gasteiger partial charge is 0.0655 e. The first kappa shape index (κ1) is 9.49. The SMILES string of the molecule is [CH2]C(C#N)CCCCCC. The Bertz CT molecular complexity index is 102. The molecule has 1 unspecified atom stereocenters. The quantitative estimate of drug-likeness (QED) is 0.536. The van der Waals surface area contributed by atoms with Crippen LogP contribution in [0.5, 0.6) is 0 Å². The van der Waals surface area contributed by atoms with Gasteiger partial charge >= 0.3 is 0 Å². The molecule has 0 aromatic rings. The molecule has 0 fully saturated rings. The highest BCUT2D eigenvalue weighted by atomic mass is 14.3. The molecule has 0 aromatic heterocycles. The van der Waals surface area contributed by atoms with Crippen LogP contribution >= 0.6 is 0 Å². The molecule has 0 bridgehead atoms. The minimum Gasteiger partial charge on any atom is -0.198 e. The van der Waals surface area contributed by atoms with Crippen molar-refractivity contribution in [3.63, 3.8) is 0 Å². The molecule has 0 aliphatic carbocycles. The monoisotopic (exact) mass is 138 g/mol. The van der Waals surface area contributed by atoms with Gasteiger partial charge in [0.2, 0.25) is 0 Å². The second kappa shape index (κ2) is 6.61. The standard InChI is InChI=1S/C9H16N/c1-3-4-5-6-7-9(2)8-10/h9H,2-7H2,1H3. The summed E-state index contributed by atoms with van der Waals surface area (Å²) < 4.78 is 0. The molecule has 0 amide bonds. The number of nitriles is 1. The van der Waals surface area contributed by atoms with Crippen molar-refractivity contribution < 1.29 is 0 Å². The van der Waals surface area contributed by atoms with Crippen LogP contribution in [0.25, 0.3) is 0 Å². The highest BCUT2D eigenvalue weighted by Gasteiger charge is 1.97. The van der Waals surface area contributed by atoms with Gasteiger partial charge < -0.3 is 0 Å². The van der Waals surface area contributed by atoms with Crippen LogP contribution in [0.15, 0.2) is 0 Å². The molecule has 1 radical (unpaired) electrons. The third-order valence-electron chi connectivity index (χ3n) is 1.59. The number of nitrogens with zero attached hydrogens (tertiary/aromatic N) is 1. The van der Waals surface area contributed by atoms with E-state index in [9.17, 15) is 0 Å². The van der Waals surface area contributed by atoms with E-state index >= 15 is 0 Å². The molecule has 0 aliphatic heterocycles. The first-order chi connectivity index (χ1) is 4.81. The summed E-state index contributed by atoms with van der Waals surface area (Å²) >= 11 is 0. The number of unbranched alkanes of at least 4 members (excludes halogenated alkanes) is 3. The van der Waals surface area contributed by atoms with E-state index in [1.54, 1.807) is 0 Å². The van der Waals surface area contributed by atoms with E-state index in [2.05, 4.69) is 19.9 Å². The van der Waals surface area contributed by atoms with E-state index in [4.69, 9.17) is 5.26 Å². The predicted molar refractivity (Wildman–Crippen MR) is 43.2 cm³/mol. The van der Waals surface area contributed by atoms with E-state index in [0.717, 1.165) is 12.8 Å². The van der Waals surface area contributed by atoms with E-state index in [1.807, 2.05) is 0 Å². The molecule has 57 valence electrons. The van der Waals surface area contributed by atoms with Crippen molar-refractivity contribution in [1.29, 1.82) is 5.26 Å². The molecule has 1 nitrogen and oxygen atoms in total. The van der Waals surface area contributed by atoms with Gasteiger partial charge in [-0.25, -0.2) is 0 Å². The fourth-order valence-electron chi connectivity index (χ4n) is 0.882. The molecule has 0 aromatic carbocycles. The second-order valence-electron chi connectivity index (χ2n) is 2.68. The van der Waals surface area contributed by atoms with E-state index in [1.165, 1.54) is 19.3 Å². The van der Waals surface area contributed by atoms with Gasteiger partial charge in [-0.2, -0.15) is 5.26 Å². The van der Waals surface area contributed by atoms with Crippen LogP contribution in [0.1, 0.15) is 39.0 Å². The normalized spacial score (nSPS) is 12.5. The van der Waals surface area contributed by atoms with Gasteiger partial charge in [0.05, 0.1) is 6.07 Å². The minimum atomic E-state index is 0.0110. The Morgan fingerprint density at radius 1 is 1.40 bits per heavy atom. The number of rotatable bonds is 5. The van der Waals surface area contributed by atoms with Crippen molar-refractivity contribution in [2.24, 2.45) is 5.92 Å². The summed E-state index contributed by atoms with van der Waals surface area (Å²) in [4.78, 5) is 0. The Balaban J connectivity index is 2.98. The molecule has 0 rings (SSSR count). The van der Waals surface area contributed by atoms with Gasteiger partial charge in [0.25, 0.3) is 0 Å². The largest absolute Gasteiger partial charge is 0.198 e. The molecular weight excluding hydrogens is 122 g/mol. The summed E-state index contributed by atoms with van der Waals surface area (Å²) in [5, 5.41) is 8.38. The van der Waals surface area contributed by atoms with Crippen LogP contribution in [0.4, 0.5) is 0 Å². The Labute approximate surface area is 64.1 Å². The Morgan fingerprint density at radius 2 is 2.10 bits per heavy atom. The molecule has 0 aliphatic rings. The van der Waals surface area contributed by atoms with Crippen LogP contribution in [0.2, 0.25) is 0 Å². The zero-order valence-corrected chi connectivity index (χ0v) is 6.77. The van der Waals surface area contributed by atoms with Crippen molar-refractivity contribution in [3.05, 3.63) is 6.92 Å². The van der Waals surface area contributed by atoms with E-state index < -0.39 is 0 Å². The van der Waals surface area contributed by atoms with Gasteiger partial charge in [-0.3, -0.25) is 0 Å². The van der Waals surface area contributed by atoms with Crippen LogP contribution < -0.4 is 0 Å². The molecule has 0 N–H and O–H groups in total. The maximum atomic E-state index is 8.38. The van der Waals surface area contributed by atoms with E-state index in [-0.39, 0.29) is 5.92 Å². The summed E-state index contributed by atoms with van der Waals surface area (Å²) in [5.41, 5.74) is 0. The first-order valence-electron chi connectivity index (χ1n) is 4.04. The summed E-state index contributed by atoms with van der Waals surface area (Å²) in [7, 11) is 0. The molecule has 0 spiro atoms. The summed E-state index contributed by atoms with van der Waals surface area (Å²) in [6.45, 7) is 5.88. The van der Waals surface area contributed by atoms with Gasteiger partial charge in [0.15, 0.2) is 0 Å². The summed E-state index contributed by atoms with van der Waals surface area (Å²) in [5.74, 6) is 0.0110. The maximum absolute atomic E-state index is 8.38. The lowest BCUT2D eigenvalue weighted by molar-refractivity contribution is 0.594. The third kappa shape index (κ3) is 5.62. The highest BCUT2D eigenvalue weighted by molar-refractivity contribution is 4.83. The van der Waals surface area contributed by atoms with Crippen molar-refractivity contribution >= 4 is 0 Å². The number of hydrogen-bond acceptors (Lipinski definition) is 1. The number of hydrogen-bond donors (Lipinski definition) is 0. The molecule has 10 heavy (non-hydrogen) atoms. The molecule has 0 heterocycles. The van der Waals surface area contributed by atoms with Crippen molar-refractivity contribution in [3.8, 4) is 6.07 Å². The topological polar surface area (TPSA) is 23.8 Å². The van der Waals surface area contributed by atoms with Crippen molar-refractivity contribution in [2.45, 2.75) is 39.0 Å². The van der Waals surface area contributed by atoms with Crippen molar-refractivity contribution in [1.82, 2.24) is 0 Å². The lowest BCUT2D eigenvalue weighted by Crippen LogP contribution is -1.89. The van der Waals surface area contributed by atoms with Crippen LogP contribution in [-0.2, 0) is 0 Å². The van der Waals surface area contributed by atoms with Gasteiger partial charge in [-0.05, 0) is 13.3 Å². The maximum Gasteiger partial charge on any atom is 0.0655 e. The lowest BCUT2D eigenvalue weighted by Gasteiger charge is -1.99. The van der Waals surface area contributed by atoms with Crippen LogP contribution in [0, 0.1) is 24.2 Å². The van der Waals surface area contributed by atoms with Crippen LogP contribution in [0.3, 0.4) is 0 Å². The Hall–Kier alpha value is -0.510. The van der Waals surface area contributed by atoms with Gasteiger partial charge in [0, 0.05) is 5.92 Å². The Morgan fingerprint density at radius 3 is 2.60 bits per heavy atom. The zero-order chi connectivity index (χ0) is 7.82. The molecule has 0 saturated heterocycles. The average molecular weight is 138 g/mol. The molecule has 1 atom stereocenters. The molecular formula is C9H16N. The predicted octanol–water partition coefficient (Wildman–Crippen LogP) is 2.93. The summed E-state index contributed by atoms with van der Waals surface area (Å²) in [6, 6.07) is 2.13. The van der Waals surface area contributed by atoms with Gasteiger partial charge in [-0.1, -0.05) is 32.6 Å². The third-order valence-corrected chi connectivity index (χ3v) is 1.59. The van der Waals surface area contributed by atoms with E-state index in [0.29, 0.717) is 0 Å². The first-order valence-corrected chi connectivity index (χ1v) is 4.04. The molecule has 1 heteroatoms. The average Bonchev–Trinajstić information content (AvgIpc) is 1.98. The summed E-state index contributed by atoms with van der Waals surface area (Å²) in [6.07, 6.45) is 5.93. The highest BCUT2D eigenvalue weighted by Crippen LogP contribution is 2.08. The fourth-order valence-corrected chi connectivity index (χ4v) is 0.882. The lowest BCUT2D eigenvalue weighted by atomic mass is 10.0. The fraction of sp³-hybridized carbons (Fsp3) is 0.778. The zero-order valence-electron chi connectivity index (χ0n) is 6.77. The van der Waals surface area contributed by atoms with Crippen molar-refractivity contribution in [2.75, 3.05) is 0 Å². The van der Waals surface area contributed by atoms with Gasteiger partial charge in [0.1, 0.15) is 0 Å². The Kier molecular flexibility index (Phi) is 6.27. The second-order valence-corrected chi connectivity index (χ2v) is 2.68.